The molecule has 0 spiro atoms. The fourth-order valence-electron chi connectivity index (χ4n) is 1.72. The minimum absolute atomic E-state index is 0.448. The molecule has 2 heterocycles. The number of aromatic nitrogens is 1. The summed E-state index contributed by atoms with van der Waals surface area (Å²) in [5.74, 6) is 0. The first-order chi connectivity index (χ1) is 7.27. The lowest BCUT2D eigenvalue weighted by atomic mass is 10.1. The normalized spacial score (nSPS) is 17.7. The molecule has 1 fully saturated rings. The molecule has 15 heavy (non-hydrogen) atoms. The van der Waals surface area contributed by atoms with Gasteiger partial charge >= 0.3 is 0 Å². The third kappa shape index (κ3) is 2.74. The zero-order chi connectivity index (χ0) is 10.7. The van der Waals surface area contributed by atoms with Crippen molar-refractivity contribution in [3.63, 3.8) is 0 Å². The van der Waals surface area contributed by atoms with Gasteiger partial charge in [-0.1, -0.05) is 23.2 Å². The largest absolute Gasteiger partial charge is 0.380 e. The Morgan fingerprint density at radius 2 is 1.80 bits per heavy atom. The lowest BCUT2D eigenvalue weighted by Gasteiger charge is -2.25. The van der Waals surface area contributed by atoms with Crippen LogP contribution in [0.2, 0.25) is 10.0 Å². The molecular formula is C10H13Cl2N3. The maximum Gasteiger partial charge on any atom is 0.0836 e. The molecule has 0 aliphatic carbocycles. The van der Waals surface area contributed by atoms with Crippen molar-refractivity contribution >= 4 is 28.9 Å². The summed E-state index contributed by atoms with van der Waals surface area (Å²) < 4.78 is 0. The van der Waals surface area contributed by atoms with E-state index in [1.165, 1.54) is 0 Å². The van der Waals surface area contributed by atoms with Crippen LogP contribution < -0.4 is 10.6 Å². The first-order valence-electron chi connectivity index (χ1n) is 5.03. The van der Waals surface area contributed by atoms with Crippen LogP contribution in [0.25, 0.3) is 0 Å². The Bertz CT molecular complexity index is 317. The van der Waals surface area contributed by atoms with E-state index >= 15 is 0 Å². The first-order valence-corrected chi connectivity index (χ1v) is 5.79. The van der Waals surface area contributed by atoms with Crippen LogP contribution in [0.1, 0.15) is 12.8 Å². The average Bonchev–Trinajstić information content (AvgIpc) is 2.25. The minimum atomic E-state index is 0.448. The number of nitrogens with zero attached hydrogens (tertiary/aromatic N) is 1. The number of anilines is 1. The molecule has 0 amide bonds. The van der Waals surface area contributed by atoms with Crippen molar-refractivity contribution in [2.75, 3.05) is 18.4 Å². The van der Waals surface area contributed by atoms with Gasteiger partial charge in [0.1, 0.15) is 0 Å². The van der Waals surface area contributed by atoms with E-state index in [9.17, 15) is 0 Å². The monoisotopic (exact) mass is 245 g/mol. The number of hydrogen-bond donors (Lipinski definition) is 2. The molecule has 1 saturated heterocycles. The predicted molar refractivity (Wildman–Crippen MR) is 63.8 cm³/mol. The van der Waals surface area contributed by atoms with Crippen molar-refractivity contribution in [3.05, 3.63) is 22.4 Å². The number of halogens is 2. The molecule has 0 aromatic carbocycles. The maximum absolute atomic E-state index is 6.02. The number of nitrogens with one attached hydrogen (secondary N) is 2. The Labute approximate surface area is 99.2 Å². The second kappa shape index (κ2) is 5.01. The average molecular weight is 246 g/mol. The van der Waals surface area contributed by atoms with E-state index in [1.807, 2.05) is 0 Å². The summed E-state index contributed by atoms with van der Waals surface area (Å²) in [6.45, 7) is 2.08. The molecular weight excluding hydrogens is 233 g/mol. The fraction of sp³-hybridized carbons (Fsp3) is 0.500. The van der Waals surface area contributed by atoms with Gasteiger partial charge in [-0.05, 0) is 25.9 Å². The SMILES string of the molecule is Clc1cncc(Cl)c1NC1CCNCC1. The number of pyridine rings is 1. The molecule has 3 nitrogen and oxygen atoms in total. The van der Waals surface area contributed by atoms with Crippen LogP contribution in [0.15, 0.2) is 12.4 Å². The molecule has 2 N–H and O–H groups in total. The van der Waals surface area contributed by atoms with Crippen molar-refractivity contribution in [2.24, 2.45) is 0 Å². The van der Waals surface area contributed by atoms with Gasteiger partial charge in [0.05, 0.1) is 15.7 Å². The number of rotatable bonds is 2. The maximum atomic E-state index is 6.02. The molecule has 0 atom stereocenters. The fourth-order valence-corrected chi connectivity index (χ4v) is 2.19. The molecule has 5 heteroatoms. The highest BCUT2D eigenvalue weighted by atomic mass is 35.5. The summed E-state index contributed by atoms with van der Waals surface area (Å²) in [5.41, 5.74) is 0.806. The predicted octanol–water partition coefficient (Wildman–Crippen LogP) is 2.55. The summed E-state index contributed by atoms with van der Waals surface area (Å²) in [7, 11) is 0. The van der Waals surface area contributed by atoms with Crippen molar-refractivity contribution in [2.45, 2.75) is 18.9 Å². The van der Waals surface area contributed by atoms with Crippen LogP contribution in [-0.2, 0) is 0 Å². The molecule has 0 unspecified atom stereocenters. The molecule has 1 aromatic heterocycles. The van der Waals surface area contributed by atoms with Crippen LogP contribution in [0.5, 0.6) is 0 Å². The molecule has 0 saturated carbocycles. The Morgan fingerprint density at radius 1 is 1.20 bits per heavy atom. The molecule has 1 aliphatic rings. The lowest BCUT2D eigenvalue weighted by molar-refractivity contribution is 0.479. The molecule has 1 aromatic rings. The van der Waals surface area contributed by atoms with Crippen LogP contribution >= 0.6 is 23.2 Å². The second-order valence-electron chi connectivity index (χ2n) is 3.65. The van der Waals surface area contributed by atoms with E-state index in [2.05, 4.69) is 15.6 Å². The summed E-state index contributed by atoms with van der Waals surface area (Å²) in [4.78, 5) is 3.92. The van der Waals surface area contributed by atoms with Gasteiger partial charge in [0.15, 0.2) is 0 Å². The van der Waals surface area contributed by atoms with Gasteiger partial charge in [-0.2, -0.15) is 0 Å². The second-order valence-corrected chi connectivity index (χ2v) is 4.46. The van der Waals surface area contributed by atoms with Gasteiger partial charge in [0.25, 0.3) is 0 Å². The van der Waals surface area contributed by atoms with Gasteiger partial charge in [-0.25, -0.2) is 0 Å². The van der Waals surface area contributed by atoms with Crippen molar-refractivity contribution in [1.82, 2.24) is 10.3 Å². The van der Waals surface area contributed by atoms with Gasteiger partial charge in [-0.15, -0.1) is 0 Å². The zero-order valence-corrected chi connectivity index (χ0v) is 9.78. The van der Waals surface area contributed by atoms with E-state index < -0.39 is 0 Å². The highest BCUT2D eigenvalue weighted by Gasteiger charge is 2.15. The first kappa shape index (κ1) is 11.0. The van der Waals surface area contributed by atoms with Gasteiger partial charge < -0.3 is 10.6 Å². The molecule has 0 radical (unpaired) electrons. The zero-order valence-electron chi connectivity index (χ0n) is 8.26. The van der Waals surface area contributed by atoms with Gasteiger partial charge in [0, 0.05) is 18.4 Å². The summed E-state index contributed by atoms with van der Waals surface area (Å²) >= 11 is 12.0. The van der Waals surface area contributed by atoms with E-state index in [0.717, 1.165) is 31.6 Å². The van der Waals surface area contributed by atoms with Crippen LogP contribution in [-0.4, -0.2) is 24.1 Å². The van der Waals surface area contributed by atoms with E-state index in [-0.39, 0.29) is 0 Å². The summed E-state index contributed by atoms with van der Waals surface area (Å²) in [6.07, 6.45) is 5.40. The molecule has 0 bridgehead atoms. The van der Waals surface area contributed by atoms with Crippen LogP contribution in [0.3, 0.4) is 0 Å². The molecule has 1 aliphatic heterocycles. The Hall–Kier alpha value is -0.510. The van der Waals surface area contributed by atoms with Gasteiger partial charge in [0.2, 0.25) is 0 Å². The van der Waals surface area contributed by atoms with Crippen molar-refractivity contribution in [1.29, 1.82) is 0 Å². The van der Waals surface area contributed by atoms with Gasteiger partial charge in [-0.3, -0.25) is 4.98 Å². The molecule has 82 valence electrons. The third-order valence-corrected chi connectivity index (χ3v) is 3.11. The Balaban J connectivity index is 2.09. The van der Waals surface area contributed by atoms with Crippen molar-refractivity contribution < 1.29 is 0 Å². The summed E-state index contributed by atoms with van der Waals surface area (Å²) in [5, 5.41) is 7.85. The Morgan fingerprint density at radius 3 is 2.40 bits per heavy atom. The Kier molecular flexibility index (Phi) is 3.67. The number of hydrogen-bond acceptors (Lipinski definition) is 3. The van der Waals surface area contributed by atoms with Crippen LogP contribution in [0, 0.1) is 0 Å². The highest BCUT2D eigenvalue weighted by molar-refractivity contribution is 6.38. The quantitative estimate of drug-likeness (QED) is 0.842. The molecule has 2 rings (SSSR count). The third-order valence-electron chi connectivity index (χ3n) is 2.54. The number of piperidine rings is 1. The standard InChI is InChI=1S/C10H13Cl2N3/c11-8-5-14-6-9(12)10(8)15-7-1-3-13-4-2-7/h5-7,13H,1-4H2,(H,14,15). The van der Waals surface area contributed by atoms with E-state index in [4.69, 9.17) is 23.2 Å². The van der Waals surface area contributed by atoms with Crippen molar-refractivity contribution in [3.8, 4) is 0 Å². The highest BCUT2D eigenvalue weighted by Crippen LogP contribution is 2.30. The lowest BCUT2D eigenvalue weighted by Crippen LogP contribution is -2.35. The van der Waals surface area contributed by atoms with Crippen LogP contribution in [0.4, 0.5) is 5.69 Å². The van der Waals surface area contributed by atoms with E-state index in [1.54, 1.807) is 12.4 Å². The van der Waals surface area contributed by atoms with E-state index in [0.29, 0.717) is 16.1 Å². The minimum Gasteiger partial charge on any atom is -0.380 e. The summed E-state index contributed by atoms with van der Waals surface area (Å²) in [6, 6.07) is 0.448. The smallest absolute Gasteiger partial charge is 0.0836 e. The topological polar surface area (TPSA) is 37.0 Å².